The lowest BCUT2D eigenvalue weighted by atomic mass is 10.2. The molecular formula is C20H13ClN2O2. The van der Waals surface area contributed by atoms with Crippen LogP contribution in [0.4, 0.5) is 5.69 Å². The van der Waals surface area contributed by atoms with Gasteiger partial charge in [0.15, 0.2) is 5.76 Å². The van der Waals surface area contributed by atoms with Crippen LogP contribution < -0.4 is 5.32 Å². The van der Waals surface area contributed by atoms with Crippen molar-refractivity contribution in [2.24, 2.45) is 0 Å². The van der Waals surface area contributed by atoms with E-state index in [1.165, 1.54) is 0 Å². The summed E-state index contributed by atoms with van der Waals surface area (Å²) in [5.41, 5.74) is 2.12. The van der Waals surface area contributed by atoms with E-state index in [1.54, 1.807) is 24.4 Å². The number of aromatic nitrogens is 1. The van der Waals surface area contributed by atoms with E-state index < -0.39 is 0 Å². The molecular weight excluding hydrogens is 336 g/mol. The van der Waals surface area contributed by atoms with E-state index in [1.807, 2.05) is 48.5 Å². The molecule has 5 heteroatoms. The normalized spacial score (nSPS) is 10.8. The van der Waals surface area contributed by atoms with Gasteiger partial charge in [-0.2, -0.15) is 0 Å². The van der Waals surface area contributed by atoms with E-state index in [0.29, 0.717) is 16.5 Å². The molecule has 0 saturated heterocycles. The zero-order valence-electron chi connectivity index (χ0n) is 13.1. The molecule has 0 unspecified atom stereocenters. The van der Waals surface area contributed by atoms with Crippen molar-refractivity contribution in [3.8, 4) is 11.3 Å². The number of halogens is 1. The summed E-state index contributed by atoms with van der Waals surface area (Å²) in [6.07, 6.45) is 1.69. The van der Waals surface area contributed by atoms with Crippen LogP contribution in [0.25, 0.3) is 22.2 Å². The molecule has 122 valence electrons. The molecule has 1 amide bonds. The van der Waals surface area contributed by atoms with E-state index in [2.05, 4.69) is 10.3 Å². The molecule has 4 nitrogen and oxygen atoms in total. The molecule has 4 rings (SSSR count). The Morgan fingerprint density at radius 2 is 1.80 bits per heavy atom. The van der Waals surface area contributed by atoms with Crippen LogP contribution in [0.2, 0.25) is 5.02 Å². The molecule has 0 bridgehead atoms. The molecule has 25 heavy (non-hydrogen) atoms. The molecule has 0 atom stereocenters. The van der Waals surface area contributed by atoms with Gasteiger partial charge in [0, 0.05) is 17.1 Å². The first-order chi connectivity index (χ1) is 12.2. The van der Waals surface area contributed by atoms with Crippen molar-refractivity contribution < 1.29 is 9.21 Å². The number of furan rings is 1. The Balaban J connectivity index is 1.63. The lowest BCUT2D eigenvalue weighted by Gasteiger charge is -2.06. The molecule has 0 aliphatic rings. The first kappa shape index (κ1) is 15.4. The number of para-hydroxylation sites is 1. The maximum absolute atomic E-state index is 12.5. The maximum Gasteiger partial charge on any atom is 0.291 e. The Kier molecular flexibility index (Phi) is 3.96. The van der Waals surface area contributed by atoms with Gasteiger partial charge in [0.25, 0.3) is 5.91 Å². The lowest BCUT2D eigenvalue weighted by molar-refractivity contribution is 0.0997. The summed E-state index contributed by atoms with van der Waals surface area (Å²) < 4.78 is 5.68. The van der Waals surface area contributed by atoms with Crippen LogP contribution in [0.5, 0.6) is 0 Å². The van der Waals surface area contributed by atoms with Crippen molar-refractivity contribution in [2.75, 3.05) is 5.32 Å². The standard InChI is InChI=1S/C20H13ClN2O2/c21-15-8-2-1-7-14(15)17-10-11-18(25-17)20(24)23-16-9-3-5-13-6-4-12-22-19(13)16/h1-12H,(H,23,24). The first-order valence-corrected chi connectivity index (χ1v) is 8.10. The summed E-state index contributed by atoms with van der Waals surface area (Å²) in [5, 5.41) is 4.38. The highest BCUT2D eigenvalue weighted by Crippen LogP contribution is 2.29. The first-order valence-electron chi connectivity index (χ1n) is 7.72. The Morgan fingerprint density at radius 1 is 0.960 bits per heavy atom. The summed E-state index contributed by atoms with van der Waals surface area (Å²) in [4.78, 5) is 16.9. The van der Waals surface area contributed by atoms with E-state index in [0.717, 1.165) is 16.5 Å². The average Bonchev–Trinajstić information content (AvgIpc) is 3.12. The lowest BCUT2D eigenvalue weighted by Crippen LogP contribution is -2.11. The van der Waals surface area contributed by atoms with Crippen molar-refractivity contribution in [2.45, 2.75) is 0 Å². The second kappa shape index (κ2) is 6.42. The molecule has 2 heterocycles. The second-order valence-electron chi connectivity index (χ2n) is 5.48. The minimum atomic E-state index is -0.337. The Labute approximate surface area is 149 Å². The van der Waals surface area contributed by atoms with E-state index in [9.17, 15) is 4.79 Å². The van der Waals surface area contributed by atoms with E-state index in [-0.39, 0.29) is 11.7 Å². The van der Waals surface area contributed by atoms with Crippen LogP contribution in [0.15, 0.2) is 77.3 Å². The Morgan fingerprint density at radius 3 is 2.68 bits per heavy atom. The number of nitrogens with one attached hydrogen (secondary N) is 1. The quantitative estimate of drug-likeness (QED) is 0.539. The average molecular weight is 349 g/mol. The number of carbonyl (C=O) groups excluding carboxylic acids is 1. The van der Waals surface area contributed by atoms with Gasteiger partial charge >= 0.3 is 0 Å². The third kappa shape index (κ3) is 2.99. The molecule has 0 fully saturated rings. The minimum Gasteiger partial charge on any atom is -0.451 e. The van der Waals surface area contributed by atoms with Gasteiger partial charge < -0.3 is 9.73 Å². The Hall–Kier alpha value is -3.11. The molecule has 0 spiro atoms. The maximum atomic E-state index is 12.5. The Bertz CT molecular complexity index is 1070. The van der Waals surface area contributed by atoms with Crippen LogP contribution >= 0.6 is 11.6 Å². The van der Waals surface area contributed by atoms with Gasteiger partial charge in [-0.25, -0.2) is 0 Å². The zero-order chi connectivity index (χ0) is 17.2. The predicted octanol–water partition coefficient (Wildman–Crippen LogP) is 5.40. The smallest absolute Gasteiger partial charge is 0.291 e. The molecule has 4 aromatic rings. The highest BCUT2D eigenvalue weighted by molar-refractivity contribution is 6.33. The number of amides is 1. The van der Waals surface area contributed by atoms with Gasteiger partial charge in [0.05, 0.1) is 16.2 Å². The number of nitrogens with zero attached hydrogens (tertiary/aromatic N) is 1. The summed E-state index contributed by atoms with van der Waals surface area (Å²) in [7, 11) is 0. The summed E-state index contributed by atoms with van der Waals surface area (Å²) in [5.74, 6) is 0.422. The van der Waals surface area contributed by atoms with Gasteiger partial charge in [-0.1, -0.05) is 41.9 Å². The summed E-state index contributed by atoms with van der Waals surface area (Å²) in [6.45, 7) is 0. The van der Waals surface area contributed by atoms with E-state index in [4.69, 9.17) is 16.0 Å². The SMILES string of the molecule is O=C(Nc1cccc2cccnc12)c1ccc(-c2ccccc2Cl)o1. The molecule has 0 radical (unpaired) electrons. The molecule has 2 aromatic carbocycles. The third-order valence-corrected chi connectivity index (χ3v) is 4.18. The number of benzene rings is 2. The van der Waals surface area contributed by atoms with Crippen LogP contribution in [0.1, 0.15) is 10.6 Å². The number of anilines is 1. The molecule has 0 aliphatic carbocycles. The van der Waals surface area contributed by atoms with Crippen molar-refractivity contribution in [1.29, 1.82) is 0 Å². The number of rotatable bonds is 3. The molecule has 1 N–H and O–H groups in total. The monoisotopic (exact) mass is 348 g/mol. The van der Waals surface area contributed by atoms with Crippen molar-refractivity contribution in [3.63, 3.8) is 0 Å². The van der Waals surface area contributed by atoms with E-state index >= 15 is 0 Å². The van der Waals surface area contributed by atoms with Gasteiger partial charge in [-0.15, -0.1) is 0 Å². The fourth-order valence-corrected chi connectivity index (χ4v) is 2.88. The molecule has 0 aliphatic heterocycles. The molecule has 2 aromatic heterocycles. The second-order valence-corrected chi connectivity index (χ2v) is 5.89. The highest BCUT2D eigenvalue weighted by Gasteiger charge is 2.15. The minimum absolute atomic E-state index is 0.211. The number of hydrogen-bond acceptors (Lipinski definition) is 3. The summed E-state index contributed by atoms with van der Waals surface area (Å²) >= 11 is 6.17. The summed E-state index contributed by atoms with van der Waals surface area (Å²) in [6, 6.07) is 20.1. The van der Waals surface area contributed by atoms with Gasteiger partial charge in [0.1, 0.15) is 5.76 Å². The number of pyridine rings is 1. The van der Waals surface area contributed by atoms with Crippen LogP contribution in [-0.4, -0.2) is 10.9 Å². The van der Waals surface area contributed by atoms with Gasteiger partial charge in [-0.3, -0.25) is 9.78 Å². The fraction of sp³-hybridized carbons (Fsp3) is 0. The zero-order valence-corrected chi connectivity index (χ0v) is 13.8. The number of fused-ring (bicyclic) bond motifs is 1. The largest absolute Gasteiger partial charge is 0.451 e. The number of hydrogen-bond donors (Lipinski definition) is 1. The van der Waals surface area contributed by atoms with Gasteiger partial charge in [-0.05, 0) is 36.4 Å². The van der Waals surface area contributed by atoms with Crippen LogP contribution in [-0.2, 0) is 0 Å². The fourth-order valence-electron chi connectivity index (χ4n) is 2.65. The van der Waals surface area contributed by atoms with Crippen molar-refractivity contribution >= 4 is 34.1 Å². The van der Waals surface area contributed by atoms with Crippen LogP contribution in [0.3, 0.4) is 0 Å². The van der Waals surface area contributed by atoms with Crippen LogP contribution in [0, 0.1) is 0 Å². The third-order valence-electron chi connectivity index (χ3n) is 3.85. The number of carbonyl (C=O) groups is 1. The topological polar surface area (TPSA) is 55.1 Å². The molecule has 0 saturated carbocycles. The van der Waals surface area contributed by atoms with Crippen molar-refractivity contribution in [1.82, 2.24) is 4.98 Å². The van der Waals surface area contributed by atoms with Gasteiger partial charge in [0.2, 0.25) is 0 Å². The predicted molar refractivity (Wildman–Crippen MR) is 98.9 cm³/mol. The van der Waals surface area contributed by atoms with Crippen molar-refractivity contribution in [3.05, 3.63) is 83.7 Å². The highest BCUT2D eigenvalue weighted by atomic mass is 35.5.